The third kappa shape index (κ3) is 4.83. The van der Waals surface area contributed by atoms with Gasteiger partial charge in [-0.1, -0.05) is 18.2 Å². The van der Waals surface area contributed by atoms with Crippen LogP contribution in [0.4, 0.5) is 5.69 Å². The maximum absolute atomic E-state index is 11.7. The van der Waals surface area contributed by atoms with E-state index in [1.54, 1.807) is 4.90 Å². The Kier molecular flexibility index (Phi) is 6.25. The number of β-amino-alcohol motifs (C(OH)–C–C–N with tert-alkyl or cyclic N) is 1. The Morgan fingerprint density at radius 2 is 1.79 bits per heavy atom. The molecule has 7 nitrogen and oxygen atoms in total. The van der Waals surface area contributed by atoms with Gasteiger partial charge in [-0.05, 0) is 31.4 Å². The number of aliphatic hydroxyl groups is 1. The Labute approximate surface area is 166 Å². The molecule has 2 aliphatic rings. The minimum Gasteiger partial charge on any atom is -0.481 e. The van der Waals surface area contributed by atoms with Gasteiger partial charge in [0, 0.05) is 58.4 Å². The van der Waals surface area contributed by atoms with Gasteiger partial charge in [0.05, 0.1) is 11.5 Å². The van der Waals surface area contributed by atoms with Crippen molar-refractivity contribution < 1.29 is 19.8 Å². The van der Waals surface area contributed by atoms with Crippen molar-refractivity contribution >= 4 is 17.6 Å². The lowest BCUT2D eigenvalue weighted by Crippen LogP contribution is -2.52. The summed E-state index contributed by atoms with van der Waals surface area (Å²) in [5, 5.41) is 20.7. The van der Waals surface area contributed by atoms with Gasteiger partial charge in [-0.3, -0.25) is 14.5 Å². The summed E-state index contributed by atoms with van der Waals surface area (Å²) in [5.74, 6) is -1.61. The Morgan fingerprint density at radius 1 is 1.11 bits per heavy atom. The second-order valence-electron chi connectivity index (χ2n) is 8.23. The molecule has 0 aliphatic carbocycles. The van der Waals surface area contributed by atoms with Crippen LogP contribution in [-0.2, 0) is 9.59 Å². The molecule has 0 aromatic heterocycles. The molecule has 2 fully saturated rings. The van der Waals surface area contributed by atoms with Gasteiger partial charge in [-0.25, -0.2) is 0 Å². The average Bonchev–Trinajstić information content (AvgIpc) is 2.86. The molecule has 154 valence electrons. The molecule has 1 atom stereocenters. The molecule has 1 amide bonds. The summed E-state index contributed by atoms with van der Waals surface area (Å²) in [6.07, 6.45) is 1.29. The molecular weight excluding hydrogens is 358 g/mol. The van der Waals surface area contributed by atoms with Crippen LogP contribution in [0.25, 0.3) is 0 Å². The Morgan fingerprint density at radius 3 is 2.39 bits per heavy atom. The zero-order valence-electron chi connectivity index (χ0n) is 16.8. The van der Waals surface area contributed by atoms with Crippen LogP contribution < -0.4 is 4.90 Å². The maximum atomic E-state index is 11.7. The van der Waals surface area contributed by atoms with Crippen molar-refractivity contribution in [3.05, 3.63) is 29.8 Å². The maximum Gasteiger partial charge on any atom is 0.309 e. The van der Waals surface area contributed by atoms with Gasteiger partial charge in [0.25, 0.3) is 0 Å². The third-order valence-corrected chi connectivity index (χ3v) is 6.07. The fraction of sp³-hybridized carbons (Fsp3) is 0.619. The van der Waals surface area contributed by atoms with Gasteiger partial charge in [0.2, 0.25) is 5.91 Å². The Balaban J connectivity index is 1.62. The summed E-state index contributed by atoms with van der Waals surface area (Å²) >= 11 is 0. The van der Waals surface area contributed by atoms with E-state index in [1.165, 1.54) is 18.2 Å². The molecule has 0 radical (unpaired) electrons. The highest BCUT2D eigenvalue weighted by atomic mass is 16.4. The van der Waals surface area contributed by atoms with Gasteiger partial charge in [0.15, 0.2) is 0 Å². The van der Waals surface area contributed by atoms with E-state index in [-0.39, 0.29) is 12.5 Å². The smallest absolute Gasteiger partial charge is 0.309 e. The minimum atomic E-state index is -0.889. The highest BCUT2D eigenvalue weighted by Gasteiger charge is 2.37. The van der Waals surface area contributed by atoms with Gasteiger partial charge >= 0.3 is 5.97 Å². The standard InChI is InChI=1S/C21H31N3O4/c1-16-5-3-4-6-19(16)23-9-7-21(28,8-10-23)15-22-11-12-24(17(2)25)14-18(13-22)20(26)27/h3-6,18,28H,7-15H2,1-2H3,(H,26,27)/t18-/m1/s1. The molecule has 2 aliphatic heterocycles. The number of carboxylic acid groups (broad SMARTS) is 1. The Bertz CT molecular complexity index is 715. The number of hydrogen-bond donors (Lipinski definition) is 2. The molecule has 1 aromatic carbocycles. The van der Waals surface area contributed by atoms with Crippen molar-refractivity contribution in [1.29, 1.82) is 0 Å². The lowest BCUT2D eigenvalue weighted by molar-refractivity contribution is -0.143. The van der Waals surface area contributed by atoms with Crippen LogP contribution in [0, 0.1) is 12.8 Å². The first-order valence-electron chi connectivity index (χ1n) is 10.0. The third-order valence-electron chi connectivity index (χ3n) is 6.07. The van der Waals surface area contributed by atoms with Crippen LogP contribution in [0.15, 0.2) is 24.3 Å². The van der Waals surface area contributed by atoms with E-state index < -0.39 is 17.5 Å². The number of carbonyl (C=O) groups is 2. The van der Waals surface area contributed by atoms with Crippen LogP contribution in [-0.4, -0.2) is 83.3 Å². The average molecular weight is 389 g/mol. The normalized spacial score (nSPS) is 23.3. The molecular formula is C21H31N3O4. The number of amides is 1. The summed E-state index contributed by atoms with van der Waals surface area (Å²) in [6, 6.07) is 8.28. The number of carbonyl (C=O) groups excluding carboxylic acids is 1. The monoisotopic (exact) mass is 389 g/mol. The van der Waals surface area contributed by atoms with Crippen LogP contribution in [0.5, 0.6) is 0 Å². The van der Waals surface area contributed by atoms with E-state index in [1.807, 2.05) is 17.0 Å². The highest BCUT2D eigenvalue weighted by molar-refractivity contribution is 5.75. The SMILES string of the molecule is CC(=O)N1CCN(CC2(O)CCN(c3ccccc3C)CC2)C[C@@H](C(=O)O)C1. The number of piperidine rings is 1. The molecule has 28 heavy (non-hydrogen) atoms. The van der Waals surface area contributed by atoms with Crippen LogP contribution in [0.3, 0.4) is 0 Å². The molecule has 0 saturated carbocycles. The lowest BCUT2D eigenvalue weighted by atomic mass is 9.90. The number of hydrogen-bond acceptors (Lipinski definition) is 5. The van der Waals surface area contributed by atoms with Crippen molar-refractivity contribution in [1.82, 2.24) is 9.80 Å². The summed E-state index contributed by atoms with van der Waals surface area (Å²) < 4.78 is 0. The topological polar surface area (TPSA) is 84.3 Å². The van der Waals surface area contributed by atoms with Crippen molar-refractivity contribution in [3.63, 3.8) is 0 Å². The first kappa shape index (κ1) is 20.6. The van der Waals surface area contributed by atoms with Crippen molar-refractivity contribution in [3.8, 4) is 0 Å². The number of benzene rings is 1. The quantitative estimate of drug-likeness (QED) is 0.805. The predicted molar refractivity (Wildman–Crippen MR) is 107 cm³/mol. The van der Waals surface area contributed by atoms with Gasteiger partial charge in [-0.15, -0.1) is 0 Å². The zero-order chi connectivity index (χ0) is 20.3. The largest absolute Gasteiger partial charge is 0.481 e. The fourth-order valence-electron chi connectivity index (χ4n) is 4.32. The second-order valence-corrected chi connectivity index (χ2v) is 8.23. The first-order valence-corrected chi connectivity index (χ1v) is 10.0. The number of rotatable bonds is 4. The minimum absolute atomic E-state index is 0.0987. The van der Waals surface area contributed by atoms with E-state index >= 15 is 0 Å². The van der Waals surface area contributed by atoms with Crippen LogP contribution >= 0.6 is 0 Å². The molecule has 1 aromatic rings. The van der Waals surface area contributed by atoms with Crippen LogP contribution in [0.2, 0.25) is 0 Å². The van der Waals surface area contributed by atoms with E-state index in [0.717, 1.165) is 13.1 Å². The fourth-order valence-corrected chi connectivity index (χ4v) is 4.32. The van der Waals surface area contributed by atoms with E-state index in [9.17, 15) is 19.8 Å². The lowest BCUT2D eigenvalue weighted by Gasteiger charge is -2.42. The van der Waals surface area contributed by atoms with Crippen LogP contribution in [0.1, 0.15) is 25.3 Å². The number of anilines is 1. The van der Waals surface area contributed by atoms with Crippen molar-refractivity contribution in [2.75, 3.05) is 50.7 Å². The summed E-state index contributed by atoms with van der Waals surface area (Å²) in [5.41, 5.74) is 1.62. The molecule has 2 N–H and O–H groups in total. The van der Waals surface area contributed by atoms with E-state index in [2.05, 4.69) is 24.0 Å². The molecule has 0 unspecified atom stereocenters. The molecule has 2 heterocycles. The van der Waals surface area contributed by atoms with E-state index in [0.29, 0.717) is 39.0 Å². The van der Waals surface area contributed by atoms with Gasteiger partial charge in [-0.2, -0.15) is 0 Å². The number of carboxylic acids is 1. The van der Waals surface area contributed by atoms with Gasteiger partial charge in [0.1, 0.15) is 0 Å². The highest BCUT2D eigenvalue weighted by Crippen LogP contribution is 2.29. The van der Waals surface area contributed by atoms with E-state index in [4.69, 9.17) is 0 Å². The Hall–Kier alpha value is -2.12. The molecule has 2 saturated heterocycles. The second kappa shape index (κ2) is 8.49. The summed E-state index contributed by atoms with van der Waals surface area (Å²) in [6.45, 7) is 7.27. The zero-order valence-corrected chi connectivity index (χ0v) is 16.8. The predicted octanol–water partition coefficient (Wildman–Crippen LogP) is 1.19. The number of aryl methyl sites for hydroxylation is 1. The molecule has 0 bridgehead atoms. The number of para-hydroxylation sites is 1. The first-order chi connectivity index (χ1) is 13.3. The summed E-state index contributed by atoms with van der Waals surface area (Å²) in [7, 11) is 0. The number of aliphatic carboxylic acids is 1. The van der Waals surface area contributed by atoms with Crippen molar-refractivity contribution in [2.45, 2.75) is 32.3 Å². The summed E-state index contributed by atoms with van der Waals surface area (Å²) in [4.78, 5) is 29.3. The number of nitrogens with zero attached hydrogens (tertiary/aromatic N) is 3. The van der Waals surface area contributed by atoms with Crippen molar-refractivity contribution in [2.24, 2.45) is 5.92 Å². The molecule has 0 spiro atoms. The van der Waals surface area contributed by atoms with Gasteiger partial charge < -0.3 is 20.0 Å². The molecule has 7 heteroatoms. The molecule has 3 rings (SSSR count).